The molecule has 1 aromatic carbocycles. The highest BCUT2D eigenvalue weighted by Crippen LogP contribution is 2.30. The molecule has 24 heavy (non-hydrogen) atoms. The lowest BCUT2D eigenvalue weighted by Gasteiger charge is -2.03. The molecule has 0 saturated carbocycles. The monoisotopic (exact) mass is 333 g/mol. The SMILES string of the molecule is CCc1cc2c(=O)n3c(nc2s1)/C(=C/c1ccc(C#N)cc1)CC3. The van der Waals surface area contributed by atoms with Crippen LogP contribution in [0.15, 0.2) is 35.1 Å². The highest BCUT2D eigenvalue weighted by Gasteiger charge is 2.21. The normalized spacial score (nSPS) is 14.9. The van der Waals surface area contributed by atoms with E-state index >= 15 is 0 Å². The van der Waals surface area contributed by atoms with E-state index in [2.05, 4.69) is 19.1 Å². The number of allylic oxidation sites excluding steroid dienone is 1. The fourth-order valence-corrected chi connectivity index (χ4v) is 3.99. The second-order valence-corrected chi connectivity index (χ2v) is 6.95. The Bertz CT molecular complexity index is 1060. The first-order valence-corrected chi connectivity index (χ1v) is 8.75. The zero-order chi connectivity index (χ0) is 16.7. The van der Waals surface area contributed by atoms with Crippen LogP contribution < -0.4 is 5.56 Å². The van der Waals surface area contributed by atoms with E-state index in [0.29, 0.717) is 12.1 Å². The molecular formula is C19H15N3OS. The van der Waals surface area contributed by atoms with Crippen LogP contribution in [0.1, 0.15) is 35.2 Å². The van der Waals surface area contributed by atoms with Crippen LogP contribution in [0.2, 0.25) is 0 Å². The maximum atomic E-state index is 12.7. The third kappa shape index (κ3) is 2.36. The molecule has 118 valence electrons. The van der Waals surface area contributed by atoms with Crippen LogP contribution in [0.25, 0.3) is 21.9 Å². The van der Waals surface area contributed by atoms with Crippen molar-refractivity contribution in [2.24, 2.45) is 0 Å². The third-order valence-corrected chi connectivity index (χ3v) is 5.50. The fourth-order valence-electron chi connectivity index (χ4n) is 3.03. The topological polar surface area (TPSA) is 58.7 Å². The van der Waals surface area contributed by atoms with E-state index in [0.717, 1.165) is 40.0 Å². The van der Waals surface area contributed by atoms with Gasteiger partial charge in [-0.25, -0.2) is 4.98 Å². The molecule has 3 heterocycles. The first-order chi connectivity index (χ1) is 11.7. The Morgan fingerprint density at radius 1 is 1.38 bits per heavy atom. The van der Waals surface area contributed by atoms with Gasteiger partial charge in [-0.1, -0.05) is 19.1 Å². The van der Waals surface area contributed by atoms with Crippen LogP contribution in [0.5, 0.6) is 0 Å². The Morgan fingerprint density at radius 2 is 2.17 bits per heavy atom. The van der Waals surface area contributed by atoms with Gasteiger partial charge in [0.2, 0.25) is 0 Å². The summed E-state index contributed by atoms with van der Waals surface area (Å²) in [5, 5.41) is 9.62. The molecule has 0 aliphatic carbocycles. The molecule has 0 spiro atoms. The van der Waals surface area contributed by atoms with Gasteiger partial charge in [-0.15, -0.1) is 11.3 Å². The van der Waals surface area contributed by atoms with Gasteiger partial charge in [0, 0.05) is 11.4 Å². The van der Waals surface area contributed by atoms with Crippen molar-refractivity contribution >= 4 is 33.2 Å². The lowest BCUT2D eigenvalue weighted by atomic mass is 10.1. The third-order valence-electron chi connectivity index (χ3n) is 4.32. The molecule has 3 aromatic rings. The summed E-state index contributed by atoms with van der Waals surface area (Å²) >= 11 is 1.60. The summed E-state index contributed by atoms with van der Waals surface area (Å²) in [6.07, 6.45) is 3.79. The molecule has 0 radical (unpaired) electrons. The summed E-state index contributed by atoms with van der Waals surface area (Å²) in [6.45, 7) is 2.77. The molecule has 0 unspecified atom stereocenters. The van der Waals surface area contributed by atoms with Crippen molar-refractivity contribution in [1.82, 2.24) is 9.55 Å². The minimum atomic E-state index is 0.0641. The van der Waals surface area contributed by atoms with E-state index in [1.54, 1.807) is 28.0 Å². The molecule has 2 aromatic heterocycles. The molecule has 0 bridgehead atoms. The Hall–Kier alpha value is -2.71. The lowest BCUT2D eigenvalue weighted by molar-refractivity contribution is 0.726. The second kappa shape index (κ2) is 5.73. The van der Waals surface area contributed by atoms with Crippen molar-refractivity contribution in [1.29, 1.82) is 5.26 Å². The Kier molecular flexibility index (Phi) is 3.55. The van der Waals surface area contributed by atoms with Crippen molar-refractivity contribution in [3.63, 3.8) is 0 Å². The highest BCUT2D eigenvalue weighted by molar-refractivity contribution is 7.18. The van der Waals surface area contributed by atoms with E-state index in [1.165, 1.54) is 4.88 Å². The van der Waals surface area contributed by atoms with Gasteiger partial charge in [-0.2, -0.15) is 5.26 Å². The van der Waals surface area contributed by atoms with Crippen LogP contribution >= 0.6 is 11.3 Å². The van der Waals surface area contributed by atoms with Crippen LogP contribution in [-0.2, 0) is 13.0 Å². The van der Waals surface area contributed by atoms with Gasteiger partial charge < -0.3 is 0 Å². The van der Waals surface area contributed by atoms with Gasteiger partial charge in [-0.3, -0.25) is 9.36 Å². The molecular weight excluding hydrogens is 318 g/mol. The number of fused-ring (bicyclic) bond motifs is 2. The number of aryl methyl sites for hydroxylation is 1. The van der Waals surface area contributed by atoms with E-state index in [-0.39, 0.29) is 5.56 Å². The quantitative estimate of drug-likeness (QED) is 0.716. The minimum absolute atomic E-state index is 0.0641. The van der Waals surface area contributed by atoms with E-state index in [9.17, 15) is 4.79 Å². The van der Waals surface area contributed by atoms with Gasteiger partial charge in [0.15, 0.2) is 0 Å². The summed E-state index contributed by atoms with van der Waals surface area (Å²) in [4.78, 5) is 19.5. The maximum Gasteiger partial charge on any atom is 0.262 e. The number of hydrogen-bond acceptors (Lipinski definition) is 4. The molecule has 4 nitrogen and oxygen atoms in total. The van der Waals surface area contributed by atoms with Gasteiger partial charge in [0.1, 0.15) is 10.7 Å². The number of benzene rings is 1. The smallest absolute Gasteiger partial charge is 0.262 e. The van der Waals surface area contributed by atoms with Crippen molar-refractivity contribution in [2.75, 3.05) is 0 Å². The average molecular weight is 333 g/mol. The van der Waals surface area contributed by atoms with Gasteiger partial charge >= 0.3 is 0 Å². The summed E-state index contributed by atoms with van der Waals surface area (Å²) in [5.74, 6) is 0.779. The number of nitriles is 1. The zero-order valence-corrected chi connectivity index (χ0v) is 14.1. The highest BCUT2D eigenvalue weighted by atomic mass is 32.1. The van der Waals surface area contributed by atoms with E-state index in [4.69, 9.17) is 10.2 Å². The van der Waals surface area contributed by atoms with Crippen LogP contribution in [-0.4, -0.2) is 9.55 Å². The molecule has 0 saturated heterocycles. The molecule has 0 amide bonds. The lowest BCUT2D eigenvalue weighted by Crippen LogP contribution is -2.19. The number of nitrogens with zero attached hydrogens (tertiary/aromatic N) is 3. The first-order valence-electron chi connectivity index (χ1n) is 7.94. The van der Waals surface area contributed by atoms with Crippen molar-refractivity contribution in [3.8, 4) is 6.07 Å². The molecule has 0 N–H and O–H groups in total. The number of hydrogen-bond donors (Lipinski definition) is 0. The van der Waals surface area contributed by atoms with Crippen LogP contribution in [0.4, 0.5) is 0 Å². The maximum absolute atomic E-state index is 12.7. The van der Waals surface area contributed by atoms with E-state index < -0.39 is 0 Å². The molecule has 1 aliphatic rings. The number of aromatic nitrogens is 2. The van der Waals surface area contributed by atoms with Crippen LogP contribution in [0.3, 0.4) is 0 Å². The molecule has 0 fully saturated rings. The van der Waals surface area contributed by atoms with Crippen LogP contribution in [0, 0.1) is 11.3 Å². The zero-order valence-electron chi connectivity index (χ0n) is 13.2. The Morgan fingerprint density at radius 3 is 2.88 bits per heavy atom. The summed E-state index contributed by atoms with van der Waals surface area (Å²) in [6, 6.07) is 11.5. The Balaban J connectivity index is 1.83. The number of thiophene rings is 1. The van der Waals surface area contributed by atoms with Crippen molar-refractivity contribution in [2.45, 2.75) is 26.3 Å². The van der Waals surface area contributed by atoms with Gasteiger partial charge in [0.05, 0.1) is 17.0 Å². The first kappa shape index (κ1) is 14.9. The summed E-state index contributed by atoms with van der Waals surface area (Å²) < 4.78 is 1.78. The second-order valence-electron chi connectivity index (χ2n) is 5.83. The largest absolute Gasteiger partial charge is 0.292 e. The molecule has 4 rings (SSSR count). The van der Waals surface area contributed by atoms with E-state index in [1.807, 2.05) is 18.2 Å². The van der Waals surface area contributed by atoms with Crippen molar-refractivity contribution in [3.05, 3.63) is 62.5 Å². The Labute approximate surface area is 143 Å². The molecule has 5 heteroatoms. The summed E-state index contributed by atoms with van der Waals surface area (Å²) in [5.41, 5.74) is 2.80. The van der Waals surface area contributed by atoms with Gasteiger partial charge in [-0.05, 0) is 48.3 Å². The average Bonchev–Trinajstić information content (AvgIpc) is 3.21. The predicted molar refractivity (Wildman–Crippen MR) is 96.9 cm³/mol. The number of rotatable bonds is 2. The fraction of sp³-hybridized carbons (Fsp3) is 0.211. The predicted octanol–water partition coefficient (Wildman–Crippen LogP) is 3.84. The van der Waals surface area contributed by atoms with Gasteiger partial charge in [0.25, 0.3) is 5.56 Å². The van der Waals surface area contributed by atoms with Crippen molar-refractivity contribution < 1.29 is 0 Å². The molecule has 0 atom stereocenters. The standard InChI is InChI=1S/C19H15N3OS/c1-2-15-10-16-18(24-15)21-17-14(7-8-22(17)19(16)23)9-12-3-5-13(11-20)6-4-12/h3-6,9-10H,2,7-8H2,1H3/b14-9+. The minimum Gasteiger partial charge on any atom is -0.292 e. The summed E-state index contributed by atoms with van der Waals surface area (Å²) in [7, 11) is 0. The molecule has 1 aliphatic heterocycles.